The second-order valence-electron chi connectivity index (χ2n) is 10.1. The number of piperazine rings is 1. The normalized spacial score (nSPS) is 17.4. The van der Waals surface area contributed by atoms with E-state index in [1.807, 2.05) is 26.0 Å². The van der Waals surface area contributed by atoms with E-state index < -0.39 is 5.54 Å². The highest BCUT2D eigenvalue weighted by molar-refractivity contribution is 5.99. The van der Waals surface area contributed by atoms with Gasteiger partial charge in [-0.1, -0.05) is 13.8 Å². The number of aryl methyl sites for hydroxylation is 1. The molecule has 0 atom stereocenters. The van der Waals surface area contributed by atoms with Crippen molar-refractivity contribution >= 4 is 23.7 Å². The zero-order valence-corrected chi connectivity index (χ0v) is 21.1. The molecule has 2 aromatic heterocycles. The van der Waals surface area contributed by atoms with E-state index >= 15 is 0 Å². The molecule has 9 heteroatoms. The summed E-state index contributed by atoms with van der Waals surface area (Å²) in [4.78, 5) is 39.1. The molecule has 0 radical (unpaired) electrons. The fraction of sp³-hybridized carbons (Fsp3) is 0.370. The fourth-order valence-electron chi connectivity index (χ4n) is 4.75. The molecule has 1 fully saturated rings. The Bertz CT molecular complexity index is 1450. The van der Waals surface area contributed by atoms with Gasteiger partial charge in [-0.25, -0.2) is 18.9 Å². The smallest absolute Gasteiger partial charge is 0.275 e. The van der Waals surface area contributed by atoms with Gasteiger partial charge in [0.05, 0.1) is 11.9 Å². The van der Waals surface area contributed by atoms with Crippen LogP contribution in [0.3, 0.4) is 0 Å². The maximum Gasteiger partial charge on any atom is 0.275 e. The minimum Gasteiger partial charge on any atom is -0.321 e. The Morgan fingerprint density at radius 2 is 1.94 bits per heavy atom. The molecular formula is C27H29FN6O2. The Labute approximate surface area is 209 Å². The van der Waals surface area contributed by atoms with Crippen LogP contribution in [0.2, 0.25) is 0 Å². The number of carbonyl (C=O) groups is 2. The number of halogens is 1. The van der Waals surface area contributed by atoms with E-state index in [0.717, 1.165) is 11.1 Å². The van der Waals surface area contributed by atoms with Crippen molar-refractivity contribution in [3.63, 3.8) is 0 Å². The van der Waals surface area contributed by atoms with Gasteiger partial charge in [-0.15, -0.1) is 0 Å². The van der Waals surface area contributed by atoms with Crippen LogP contribution in [0.1, 0.15) is 61.6 Å². The number of fused-ring (bicyclic) bond motifs is 1. The van der Waals surface area contributed by atoms with E-state index in [1.165, 1.54) is 6.07 Å². The van der Waals surface area contributed by atoms with Gasteiger partial charge in [0.15, 0.2) is 5.65 Å². The van der Waals surface area contributed by atoms with Crippen LogP contribution in [-0.2, 0) is 4.79 Å². The lowest BCUT2D eigenvalue weighted by Crippen LogP contribution is -2.64. The van der Waals surface area contributed by atoms with Gasteiger partial charge < -0.3 is 4.90 Å². The van der Waals surface area contributed by atoms with Gasteiger partial charge in [-0.05, 0) is 62.6 Å². The number of hydrogen-bond donors (Lipinski definition) is 0. The summed E-state index contributed by atoms with van der Waals surface area (Å²) in [7, 11) is 0. The van der Waals surface area contributed by atoms with Crippen molar-refractivity contribution in [2.45, 2.75) is 52.5 Å². The highest BCUT2D eigenvalue weighted by atomic mass is 19.1. The first kappa shape index (κ1) is 23.8. The number of aromatic nitrogens is 3. The summed E-state index contributed by atoms with van der Waals surface area (Å²) in [6.45, 7) is 10.0. The molecule has 186 valence electrons. The van der Waals surface area contributed by atoms with Gasteiger partial charge in [-0.3, -0.25) is 14.5 Å². The minimum atomic E-state index is -1.06. The second kappa shape index (κ2) is 8.65. The number of rotatable bonds is 4. The first-order chi connectivity index (χ1) is 17.1. The van der Waals surface area contributed by atoms with Crippen LogP contribution in [0.5, 0.6) is 0 Å². The summed E-state index contributed by atoms with van der Waals surface area (Å²) in [5.41, 5.74) is 2.66. The number of allylic oxidation sites excluding steroid dienone is 1. The van der Waals surface area contributed by atoms with Crippen molar-refractivity contribution in [2.24, 2.45) is 4.99 Å². The van der Waals surface area contributed by atoms with Crippen LogP contribution in [0.4, 0.5) is 4.39 Å². The molecule has 5 rings (SSSR count). The number of amides is 2. The predicted molar refractivity (Wildman–Crippen MR) is 135 cm³/mol. The third-order valence-corrected chi connectivity index (χ3v) is 6.89. The van der Waals surface area contributed by atoms with Crippen LogP contribution in [-0.4, -0.2) is 61.1 Å². The zero-order chi connectivity index (χ0) is 25.8. The van der Waals surface area contributed by atoms with Crippen LogP contribution < -0.4 is 0 Å². The Hall–Kier alpha value is -3.88. The highest BCUT2D eigenvalue weighted by Gasteiger charge is 2.46. The molecule has 2 aliphatic heterocycles. The SMILES string of the molecule is Cc1cc(-c2cc(C(C)C)c3nc(C(=O)N4CCN(C5=CCC=N5)C(=O)C4(C)C)cn3n2)ccc1F. The van der Waals surface area contributed by atoms with Gasteiger partial charge >= 0.3 is 0 Å². The van der Waals surface area contributed by atoms with Gasteiger partial charge in [-0.2, -0.15) is 5.10 Å². The van der Waals surface area contributed by atoms with E-state index in [-0.39, 0.29) is 29.2 Å². The first-order valence-electron chi connectivity index (χ1n) is 12.1. The van der Waals surface area contributed by atoms with E-state index in [2.05, 4.69) is 15.1 Å². The molecule has 2 amide bonds. The summed E-state index contributed by atoms with van der Waals surface area (Å²) in [5.74, 6) is -0.0136. The van der Waals surface area contributed by atoms with Crippen molar-refractivity contribution in [1.82, 2.24) is 24.4 Å². The predicted octanol–water partition coefficient (Wildman–Crippen LogP) is 4.35. The highest BCUT2D eigenvalue weighted by Crippen LogP contribution is 2.30. The third-order valence-electron chi connectivity index (χ3n) is 6.89. The molecular weight excluding hydrogens is 459 g/mol. The standard InChI is InChI=1S/C27H29FN6O2/c1-16(2)19-14-21(18-8-9-20(28)17(3)13-18)31-34-15-22(30-24(19)34)25(35)33-12-11-32(23-7-6-10-29-23)26(36)27(33,4)5/h7-10,13-16H,6,11-12H2,1-5H3. The number of hydrogen-bond acceptors (Lipinski definition) is 5. The first-order valence-corrected chi connectivity index (χ1v) is 12.1. The molecule has 4 heterocycles. The van der Waals surface area contributed by atoms with Gasteiger partial charge in [0.1, 0.15) is 22.9 Å². The molecule has 0 N–H and O–H groups in total. The van der Waals surface area contributed by atoms with Crippen LogP contribution in [0, 0.1) is 12.7 Å². The Morgan fingerprint density at radius 3 is 2.61 bits per heavy atom. The van der Waals surface area contributed by atoms with Crippen LogP contribution in [0.25, 0.3) is 16.9 Å². The summed E-state index contributed by atoms with van der Waals surface area (Å²) >= 11 is 0. The fourth-order valence-corrected chi connectivity index (χ4v) is 4.75. The maximum atomic E-state index is 13.8. The summed E-state index contributed by atoms with van der Waals surface area (Å²) in [5, 5.41) is 4.69. The molecule has 0 spiro atoms. The number of benzene rings is 1. The zero-order valence-electron chi connectivity index (χ0n) is 21.1. The Morgan fingerprint density at radius 1 is 1.17 bits per heavy atom. The molecule has 0 saturated carbocycles. The molecule has 1 aromatic carbocycles. The average molecular weight is 489 g/mol. The van der Waals surface area contributed by atoms with Gasteiger partial charge in [0.2, 0.25) is 0 Å². The molecule has 3 aromatic rings. The molecule has 2 aliphatic rings. The average Bonchev–Trinajstić information content (AvgIpc) is 3.51. The number of imidazole rings is 1. The largest absolute Gasteiger partial charge is 0.321 e. The van der Waals surface area contributed by atoms with Gasteiger partial charge in [0, 0.05) is 36.9 Å². The lowest BCUT2D eigenvalue weighted by molar-refractivity contribution is -0.143. The number of carbonyl (C=O) groups excluding carboxylic acids is 2. The molecule has 8 nitrogen and oxygen atoms in total. The number of nitrogens with zero attached hydrogens (tertiary/aromatic N) is 6. The van der Waals surface area contributed by atoms with E-state index in [9.17, 15) is 14.0 Å². The quantitative estimate of drug-likeness (QED) is 0.547. The molecule has 1 saturated heterocycles. The summed E-state index contributed by atoms with van der Waals surface area (Å²) in [6.07, 6.45) is 5.99. The molecule has 0 bridgehead atoms. The van der Waals surface area contributed by atoms with Gasteiger partial charge in [0.25, 0.3) is 11.8 Å². The molecule has 36 heavy (non-hydrogen) atoms. The minimum absolute atomic E-state index is 0.114. The Kier molecular flexibility index (Phi) is 5.73. The van der Waals surface area contributed by atoms with Crippen LogP contribution >= 0.6 is 0 Å². The third kappa shape index (κ3) is 3.88. The van der Waals surface area contributed by atoms with Crippen molar-refractivity contribution in [3.05, 3.63) is 65.0 Å². The Balaban J connectivity index is 1.51. The van der Waals surface area contributed by atoms with E-state index in [4.69, 9.17) is 0 Å². The lowest BCUT2D eigenvalue weighted by atomic mass is 9.97. The summed E-state index contributed by atoms with van der Waals surface area (Å²) < 4.78 is 15.4. The van der Waals surface area contributed by atoms with Crippen molar-refractivity contribution in [1.29, 1.82) is 0 Å². The van der Waals surface area contributed by atoms with E-state index in [1.54, 1.807) is 59.6 Å². The van der Waals surface area contributed by atoms with Crippen molar-refractivity contribution in [2.75, 3.05) is 13.1 Å². The van der Waals surface area contributed by atoms with Crippen molar-refractivity contribution in [3.8, 4) is 11.3 Å². The monoisotopic (exact) mass is 488 g/mol. The van der Waals surface area contributed by atoms with Crippen LogP contribution in [0.15, 0.2) is 47.4 Å². The number of aliphatic imine (C=N–C) groups is 1. The second-order valence-corrected chi connectivity index (χ2v) is 10.1. The molecule has 0 unspecified atom stereocenters. The van der Waals surface area contributed by atoms with Crippen molar-refractivity contribution < 1.29 is 14.0 Å². The van der Waals surface area contributed by atoms with E-state index in [0.29, 0.717) is 42.2 Å². The maximum absolute atomic E-state index is 13.8. The summed E-state index contributed by atoms with van der Waals surface area (Å²) in [6, 6.07) is 6.82. The molecule has 0 aliphatic carbocycles. The lowest BCUT2D eigenvalue weighted by Gasteiger charge is -2.45. The topological polar surface area (TPSA) is 83.2 Å².